The van der Waals surface area contributed by atoms with Gasteiger partial charge in [0.25, 0.3) is 0 Å². The molecule has 0 unspecified atom stereocenters. The van der Waals surface area contributed by atoms with Crippen LogP contribution < -0.4 is 4.74 Å². The van der Waals surface area contributed by atoms with E-state index in [2.05, 4.69) is 10.3 Å². The number of hydrogen-bond acceptors (Lipinski definition) is 6. The molecule has 0 aliphatic carbocycles. The molecule has 4 aromatic carbocycles. The van der Waals surface area contributed by atoms with E-state index in [1.165, 1.54) is 6.08 Å². The van der Waals surface area contributed by atoms with Crippen LogP contribution in [0.4, 0.5) is 0 Å². The lowest BCUT2D eigenvalue weighted by Gasteiger charge is -2.10. The first kappa shape index (κ1) is 27.4. The van der Waals surface area contributed by atoms with Crippen molar-refractivity contribution in [3.63, 3.8) is 0 Å². The quantitative estimate of drug-likeness (QED) is 0.147. The summed E-state index contributed by atoms with van der Waals surface area (Å²) in [6, 6.07) is 32.2. The van der Waals surface area contributed by atoms with Gasteiger partial charge in [0, 0.05) is 29.0 Å². The molecule has 2 heterocycles. The maximum atomic E-state index is 12.9. The minimum absolute atomic E-state index is 0.00578. The van der Waals surface area contributed by atoms with Crippen molar-refractivity contribution in [2.45, 2.75) is 20.1 Å². The number of aryl methyl sites for hydroxylation is 1. The second-order valence-electron chi connectivity index (χ2n) is 10.1. The van der Waals surface area contributed by atoms with E-state index in [1.807, 2.05) is 98.0 Å². The number of phenols is 1. The maximum absolute atomic E-state index is 12.9. The van der Waals surface area contributed by atoms with E-state index in [4.69, 9.17) is 9.84 Å². The monoisotopic (exact) mass is 567 g/mol. The molecule has 0 aliphatic rings. The molecule has 8 heteroatoms. The summed E-state index contributed by atoms with van der Waals surface area (Å²) in [5.74, 6) is 0.376. The van der Waals surface area contributed by atoms with Crippen LogP contribution in [0.2, 0.25) is 0 Å². The summed E-state index contributed by atoms with van der Waals surface area (Å²) >= 11 is 0. The van der Waals surface area contributed by atoms with Crippen LogP contribution in [0.3, 0.4) is 0 Å². The Bertz CT molecular complexity index is 1870. The molecule has 0 aliphatic heterocycles. The fourth-order valence-electron chi connectivity index (χ4n) is 4.65. The molecule has 8 nitrogen and oxygen atoms in total. The molecule has 2 aromatic heterocycles. The standard InChI is InChI=1S/C35H29N5O3/c1-25-12-14-27(15-13-25)33(41)19-16-28-23-39(29-10-6-3-7-11-29)37-35(28)32-18-17-31(20-34(32)42)43-24-30-21-36-38-40(30)22-26-8-4-2-5-9-26/h2-21,23,42H,22,24H2,1H3. The number of para-hydroxylation sites is 1. The Morgan fingerprint density at radius 1 is 0.930 bits per heavy atom. The van der Waals surface area contributed by atoms with Crippen molar-refractivity contribution < 1.29 is 14.6 Å². The molecule has 1 N–H and O–H groups in total. The minimum Gasteiger partial charge on any atom is -0.507 e. The van der Waals surface area contributed by atoms with E-state index in [1.54, 1.807) is 39.8 Å². The van der Waals surface area contributed by atoms with Crippen LogP contribution in [0.1, 0.15) is 32.7 Å². The van der Waals surface area contributed by atoms with Gasteiger partial charge in [0.2, 0.25) is 0 Å². The van der Waals surface area contributed by atoms with Crippen LogP contribution >= 0.6 is 0 Å². The third-order valence-corrected chi connectivity index (χ3v) is 7.00. The zero-order valence-electron chi connectivity index (χ0n) is 23.5. The van der Waals surface area contributed by atoms with Gasteiger partial charge in [0.15, 0.2) is 5.78 Å². The molecule has 0 radical (unpaired) electrons. The van der Waals surface area contributed by atoms with E-state index >= 15 is 0 Å². The number of hydrogen-bond donors (Lipinski definition) is 1. The largest absolute Gasteiger partial charge is 0.507 e. The Kier molecular flexibility index (Phi) is 7.91. The summed E-state index contributed by atoms with van der Waals surface area (Å²) in [7, 11) is 0. The molecule has 43 heavy (non-hydrogen) atoms. The molecule has 0 spiro atoms. The molecule has 212 valence electrons. The number of rotatable bonds is 10. The van der Waals surface area contributed by atoms with Gasteiger partial charge >= 0.3 is 0 Å². The van der Waals surface area contributed by atoms with Crippen molar-refractivity contribution in [1.82, 2.24) is 24.8 Å². The summed E-state index contributed by atoms with van der Waals surface area (Å²) in [5.41, 5.74) is 6.19. The number of phenolic OH excluding ortho intramolecular Hbond substituents is 1. The lowest BCUT2D eigenvalue weighted by atomic mass is 10.0. The highest BCUT2D eigenvalue weighted by atomic mass is 16.5. The van der Waals surface area contributed by atoms with Crippen LogP contribution in [0.15, 0.2) is 122 Å². The Hall–Kier alpha value is -5.76. The maximum Gasteiger partial charge on any atom is 0.185 e. The molecular weight excluding hydrogens is 538 g/mol. The van der Waals surface area contributed by atoms with Crippen LogP contribution in [0.5, 0.6) is 11.5 Å². The molecule has 0 saturated heterocycles. The highest BCUT2D eigenvalue weighted by molar-refractivity contribution is 6.07. The average molecular weight is 568 g/mol. The van der Waals surface area contributed by atoms with Crippen LogP contribution in [0.25, 0.3) is 23.0 Å². The fraction of sp³-hybridized carbons (Fsp3) is 0.0857. The van der Waals surface area contributed by atoms with E-state index in [9.17, 15) is 9.90 Å². The number of carbonyl (C=O) groups excluding carboxylic acids is 1. The third kappa shape index (κ3) is 6.44. The van der Waals surface area contributed by atoms with Crippen molar-refractivity contribution in [3.8, 4) is 28.4 Å². The first-order valence-corrected chi connectivity index (χ1v) is 13.8. The highest BCUT2D eigenvalue weighted by Gasteiger charge is 2.16. The molecular formula is C35H29N5O3. The van der Waals surface area contributed by atoms with Crippen molar-refractivity contribution in [3.05, 3.63) is 150 Å². The molecule has 6 aromatic rings. The van der Waals surface area contributed by atoms with Gasteiger partial charge in [-0.1, -0.05) is 83.6 Å². The SMILES string of the molecule is Cc1ccc(C(=O)C=Cc2cn(-c3ccccc3)nc2-c2ccc(OCc3cnnn3Cc3ccccc3)cc2O)cc1. The molecule has 0 saturated carbocycles. The van der Waals surface area contributed by atoms with Crippen molar-refractivity contribution in [2.24, 2.45) is 0 Å². The topological polar surface area (TPSA) is 95.1 Å². The fourth-order valence-corrected chi connectivity index (χ4v) is 4.65. The van der Waals surface area contributed by atoms with Crippen LogP contribution in [0, 0.1) is 6.92 Å². The van der Waals surface area contributed by atoms with Crippen molar-refractivity contribution >= 4 is 11.9 Å². The second-order valence-corrected chi connectivity index (χ2v) is 10.1. The highest BCUT2D eigenvalue weighted by Crippen LogP contribution is 2.35. The van der Waals surface area contributed by atoms with E-state index in [-0.39, 0.29) is 18.1 Å². The summed E-state index contributed by atoms with van der Waals surface area (Å²) in [4.78, 5) is 12.9. The number of ether oxygens (including phenoxy) is 1. The number of carbonyl (C=O) groups is 1. The number of aromatic nitrogens is 5. The number of nitrogens with zero attached hydrogens (tertiary/aromatic N) is 5. The number of benzene rings is 4. The summed E-state index contributed by atoms with van der Waals surface area (Å²) in [6.45, 7) is 2.79. The zero-order valence-corrected chi connectivity index (χ0v) is 23.5. The first-order chi connectivity index (χ1) is 21.0. The molecule has 0 atom stereocenters. The predicted octanol–water partition coefficient (Wildman–Crippen LogP) is 6.67. The van der Waals surface area contributed by atoms with E-state index < -0.39 is 0 Å². The van der Waals surface area contributed by atoms with E-state index in [0.717, 1.165) is 22.5 Å². The van der Waals surface area contributed by atoms with Gasteiger partial charge in [-0.25, -0.2) is 9.36 Å². The van der Waals surface area contributed by atoms with Crippen LogP contribution in [-0.2, 0) is 13.2 Å². The minimum atomic E-state index is -0.118. The second kappa shape index (κ2) is 12.4. The first-order valence-electron chi connectivity index (χ1n) is 13.8. The van der Waals surface area contributed by atoms with E-state index in [0.29, 0.717) is 34.7 Å². The molecule has 0 fully saturated rings. The van der Waals surface area contributed by atoms with Gasteiger partial charge in [-0.15, -0.1) is 5.10 Å². The average Bonchev–Trinajstić information content (AvgIpc) is 3.67. The molecule has 6 rings (SSSR count). The summed E-state index contributed by atoms with van der Waals surface area (Å²) < 4.78 is 9.52. The number of ketones is 1. The van der Waals surface area contributed by atoms with Gasteiger partial charge in [0.1, 0.15) is 23.8 Å². The number of aromatic hydroxyl groups is 1. The zero-order chi connectivity index (χ0) is 29.6. The van der Waals surface area contributed by atoms with Crippen molar-refractivity contribution in [1.29, 1.82) is 0 Å². The molecule has 0 amide bonds. The summed E-state index contributed by atoms with van der Waals surface area (Å²) in [6.07, 6.45) is 6.77. The van der Waals surface area contributed by atoms with Crippen LogP contribution in [-0.4, -0.2) is 35.7 Å². The molecule has 0 bridgehead atoms. The Morgan fingerprint density at radius 2 is 1.67 bits per heavy atom. The third-order valence-electron chi connectivity index (χ3n) is 7.00. The lowest BCUT2D eigenvalue weighted by molar-refractivity contribution is 0.104. The van der Waals surface area contributed by atoms with Gasteiger partial charge in [-0.05, 0) is 48.9 Å². The summed E-state index contributed by atoms with van der Waals surface area (Å²) in [5, 5.41) is 24.1. The smallest absolute Gasteiger partial charge is 0.185 e. The van der Waals surface area contributed by atoms with Crippen molar-refractivity contribution in [2.75, 3.05) is 0 Å². The van der Waals surface area contributed by atoms with Gasteiger partial charge < -0.3 is 9.84 Å². The van der Waals surface area contributed by atoms with Gasteiger partial charge in [-0.3, -0.25) is 4.79 Å². The lowest BCUT2D eigenvalue weighted by Crippen LogP contribution is -2.09. The van der Waals surface area contributed by atoms with Gasteiger partial charge in [0.05, 0.1) is 24.1 Å². The normalized spacial score (nSPS) is 11.2. The number of allylic oxidation sites excluding steroid dienone is 1. The predicted molar refractivity (Wildman–Crippen MR) is 165 cm³/mol. The Morgan fingerprint density at radius 3 is 2.42 bits per heavy atom. The van der Waals surface area contributed by atoms with Gasteiger partial charge in [-0.2, -0.15) is 5.10 Å². The Labute approximate surface area is 249 Å². The Balaban J connectivity index is 1.24.